The second-order valence-corrected chi connectivity index (χ2v) is 9.96. The summed E-state index contributed by atoms with van der Waals surface area (Å²) in [6.45, 7) is 12.9. The SMILES string of the molecule is C/C=C\C(Nc1ccc(C(c2ccc(Nc3ccccc3C)cc2)c2c(C)cccc2C)cc1)=C(C)C. The number of rotatable bonds is 8. The number of allylic oxidation sites excluding steroid dienone is 3. The lowest BCUT2D eigenvalue weighted by molar-refractivity contribution is 0.948. The average Bonchev–Trinajstić information content (AvgIpc) is 2.89. The van der Waals surface area contributed by atoms with Crippen LogP contribution >= 0.6 is 0 Å². The first-order valence-electron chi connectivity index (χ1n) is 13.0. The van der Waals surface area contributed by atoms with Crippen LogP contribution in [0, 0.1) is 20.8 Å². The van der Waals surface area contributed by atoms with Crippen LogP contribution in [-0.2, 0) is 0 Å². The van der Waals surface area contributed by atoms with Crippen LogP contribution in [0.15, 0.2) is 114 Å². The summed E-state index contributed by atoms with van der Waals surface area (Å²) in [7, 11) is 0. The van der Waals surface area contributed by atoms with Crippen LogP contribution in [-0.4, -0.2) is 0 Å². The van der Waals surface area contributed by atoms with E-state index in [1.54, 1.807) is 0 Å². The van der Waals surface area contributed by atoms with Crippen molar-refractivity contribution in [3.8, 4) is 0 Å². The number of hydrogen-bond donors (Lipinski definition) is 2. The van der Waals surface area contributed by atoms with E-state index in [4.69, 9.17) is 0 Å². The van der Waals surface area contributed by atoms with Gasteiger partial charge < -0.3 is 10.6 Å². The molecule has 0 amide bonds. The first-order chi connectivity index (χ1) is 17.9. The van der Waals surface area contributed by atoms with E-state index in [0.29, 0.717) is 0 Å². The highest BCUT2D eigenvalue weighted by molar-refractivity contribution is 5.64. The Bertz CT molecular complexity index is 1380. The van der Waals surface area contributed by atoms with E-state index in [0.717, 1.165) is 22.8 Å². The molecule has 0 radical (unpaired) electrons. The second kappa shape index (κ2) is 11.8. The summed E-state index contributed by atoms with van der Waals surface area (Å²) in [5.74, 6) is 0.154. The van der Waals surface area contributed by atoms with Crippen molar-refractivity contribution in [1.29, 1.82) is 0 Å². The Labute approximate surface area is 222 Å². The summed E-state index contributed by atoms with van der Waals surface area (Å²) in [4.78, 5) is 0. The summed E-state index contributed by atoms with van der Waals surface area (Å²) in [6, 6.07) is 32.8. The van der Waals surface area contributed by atoms with E-state index < -0.39 is 0 Å². The molecule has 0 aliphatic carbocycles. The van der Waals surface area contributed by atoms with Gasteiger partial charge >= 0.3 is 0 Å². The van der Waals surface area contributed by atoms with Gasteiger partial charge in [0.05, 0.1) is 0 Å². The van der Waals surface area contributed by atoms with Gasteiger partial charge in [-0.2, -0.15) is 0 Å². The summed E-state index contributed by atoms with van der Waals surface area (Å²) in [5, 5.41) is 7.14. The molecular weight excluding hydrogens is 448 g/mol. The molecule has 2 nitrogen and oxygen atoms in total. The number of nitrogens with one attached hydrogen (secondary N) is 2. The van der Waals surface area contributed by atoms with Gasteiger partial charge in [-0.1, -0.05) is 72.3 Å². The largest absolute Gasteiger partial charge is 0.356 e. The molecule has 2 heteroatoms. The highest BCUT2D eigenvalue weighted by Crippen LogP contribution is 2.37. The van der Waals surface area contributed by atoms with Gasteiger partial charge in [0.1, 0.15) is 0 Å². The van der Waals surface area contributed by atoms with Crippen molar-refractivity contribution in [2.24, 2.45) is 0 Å². The van der Waals surface area contributed by atoms with Crippen molar-refractivity contribution < 1.29 is 0 Å². The molecule has 37 heavy (non-hydrogen) atoms. The molecule has 4 rings (SSSR count). The van der Waals surface area contributed by atoms with Crippen LogP contribution in [0.25, 0.3) is 0 Å². The van der Waals surface area contributed by atoms with Crippen molar-refractivity contribution in [3.05, 3.63) is 148 Å². The van der Waals surface area contributed by atoms with Gasteiger partial charge in [0, 0.05) is 28.7 Å². The zero-order valence-electron chi connectivity index (χ0n) is 22.9. The predicted octanol–water partition coefficient (Wildman–Crippen LogP) is 9.82. The summed E-state index contributed by atoms with van der Waals surface area (Å²) < 4.78 is 0. The third-order valence-electron chi connectivity index (χ3n) is 6.89. The van der Waals surface area contributed by atoms with Gasteiger partial charge in [0.2, 0.25) is 0 Å². The lowest BCUT2D eigenvalue weighted by Gasteiger charge is -2.24. The minimum atomic E-state index is 0.154. The Hall–Kier alpha value is -4.04. The van der Waals surface area contributed by atoms with Gasteiger partial charge in [-0.15, -0.1) is 0 Å². The second-order valence-electron chi connectivity index (χ2n) is 9.96. The molecule has 0 saturated heterocycles. The fraction of sp³-hybridized carbons (Fsp3) is 0.200. The molecule has 0 saturated carbocycles. The van der Waals surface area contributed by atoms with Crippen molar-refractivity contribution in [3.63, 3.8) is 0 Å². The number of aryl methyl sites for hydroxylation is 3. The van der Waals surface area contributed by atoms with Gasteiger partial charge in [-0.3, -0.25) is 0 Å². The quantitative estimate of drug-likeness (QED) is 0.191. The van der Waals surface area contributed by atoms with Crippen LogP contribution in [0.4, 0.5) is 17.1 Å². The van der Waals surface area contributed by atoms with Crippen LogP contribution < -0.4 is 10.6 Å². The maximum Gasteiger partial charge on any atom is 0.0413 e. The minimum Gasteiger partial charge on any atom is -0.356 e. The standard InChI is InChI=1S/C35H38N2/c1-7-11-32(24(2)3)36-30-20-16-28(17-21-30)35(34-26(5)13-10-14-27(34)6)29-18-22-31(23-19-29)37-33-15-9-8-12-25(33)4/h7-23,35-37H,1-6H3/b11-7-. The van der Waals surface area contributed by atoms with Crippen LogP contribution in [0.2, 0.25) is 0 Å². The first-order valence-corrected chi connectivity index (χ1v) is 13.0. The Kier molecular flexibility index (Phi) is 8.30. The molecule has 0 fully saturated rings. The zero-order chi connectivity index (χ0) is 26.4. The van der Waals surface area contributed by atoms with Gasteiger partial charge in [0.25, 0.3) is 0 Å². The van der Waals surface area contributed by atoms with Crippen LogP contribution in [0.5, 0.6) is 0 Å². The Morgan fingerprint density at radius 1 is 0.649 bits per heavy atom. The maximum absolute atomic E-state index is 3.57. The van der Waals surface area contributed by atoms with Gasteiger partial charge in [-0.05, 0) is 111 Å². The lowest BCUT2D eigenvalue weighted by Crippen LogP contribution is -2.08. The molecule has 2 N–H and O–H groups in total. The molecule has 188 valence electrons. The molecule has 4 aromatic rings. The highest BCUT2D eigenvalue weighted by Gasteiger charge is 2.20. The fourth-order valence-corrected chi connectivity index (χ4v) is 4.85. The van der Waals surface area contributed by atoms with Crippen molar-refractivity contribution in [2.45, 2.75) is 47.5 Å². The number of para-hydroxylation sites is 1. The molecule has 0 heterocycles. The normalized spacial score (nSPS) is 11.8. The van der Waals surface area contributed by atoms with E-state index in [2.05, 4.69) is 148 Å². The van der Waals surface area contributed by atoms with E-state index in [1.165, 1.54) is 39.0 Å². The molecule has 0 aliphatic heterocycles. The molecule has 4 aromatic carbocycles. The average molecular weight is 487 g/mol. The molecular formula is C35H38N2. The predicted molar refractivity (Wildman–Crippen MR) is 161 cm³/mol. The number of benzene rings is 4. The maximum atomic E-state index is 3.57. The van der Waals surface area contributed by atoms with E-state index in [9.17, 15) is 0 Å². The Balaban J connectivity index is 1.70. The summed E-state index contributed by atoms with van der Waals surface area (Å²) in [5.41, 5.74) is 13.5. The van der Waals surface area contributed by atoms with Gasteiger partial charge in [0.15, 0.2) is 0 Å². The molecule has 0 aromatic heterocycles. The monoisotopic (exact) mass is 486 g/mol. The highest BCUT2D eigenvalue weighted by atomic mass is 14.9. The van der Waals surface area contributed by atoms with Crippen LogP contribution in [0.3, 0.4) is 0 Å². The van der Waals surface area contributed by atoms with Crippen LogP contribution in [0.1, 0.15) is 60.1 Å². The smallest absolute Gasteiger partial charge is 0.0413 e. The van der Waals surface area contributed by atoms with Gasteiger partial charge in [-0.25, -0.2) is 0 Å². The number of anilines is 3. The third-order valence-corrected chi connectivity index (χ3v) is 6.89. The lowest BCUT2D eigenvalue weighted by atomic mass is 9.81. The number of hydrogen-bond acceptors (Lipinski definition) is 2. The molecule has 0 spiro atoms. The molecule has 1 atom stereocenters. The first kappa shape index (κ1) is 26.0. The van der Waals surface area contributed by atoms with E-state index in [-0.39, 0.29) is 5.92 Å². The van der Waals surface area contributed by atoms with E-state index in [1.807, 2.05) is 6.92 Å². The van der Waals surface area contributed by atoms with Crippen molar-refractivity contribution in [2.75, 3.05) is 10.6 Å². The van der Waals surface area contributed by atoms with Crippen molar-refractivity contribution in [1.82, 2.24) is 0 Å². The molecule has 0 bridgehead atoms. The minimum absolute atomic E-state index is 0.154. The summed E-state index contributed by atoms with van der Waals surface area (Å²) in [6.07, 6.45) is 4.19. The molecule has 1 unspecified atom stereocenters. The zero-order valence-corrected chi connectivity index (χ0v) is 22.9. The summed E-state index contributed by atoms with van der Waals surface area (Å²) >= 11 is 0. The topological polar surface area (TPSA) is 24.1 Å². The Morgan fingerprint density at radius 2 is 1.19 bits per heavy atom. The Morgan fingerprint density at radius 3 is 1.73 bits per heavy atom. The van der Waals surface area contributed by atoms with Crippen molar-refractivity contribution >= 4 is 17.1 Å². The van der Waals surface area contributed by atoms with E-state index >= 15 is 0 Å². The fourth-order valence-electron chi connectivity index (χ4n) is 4.85. The molecule has 0 aliphatic rings. The third kappa shape index (κ3) is 6.21.